The van der Waals surface area contributed by atoms with Crippen molar-refractivity contribution < 1.29 is 0 Å². The third-order valence-electron chi connectivity index (χ3n) is 2.65. The minimum absolute atomic E-state index is 0.991. The smallest absolute Gasteiger partial charge is 0.0762 e. The van der Waals surface area contributed by atoms with Gasteiger partial charge >= 0.3 is 0 Å². The molecule has 0 radical (unpaired) electrons. The van der Waals surface area contributed by atoms with Gasteiger partial charge in [-0.2, -0.15) is 5.10 Å². The first kappa shape index (κ1) is 11.6. The van der Waals surface area contributed by atoms with Gasteiger partial charge in [0.1, 0.15) is 0 Å². The highest BCUT2D eigenvalue weighted by molar-refractivity contribution is 14.1. The highest BCUT2D eigenvalue weighted by Crippen LogP contribution is 2.21. The number of aromatic nitrogens is 2. The molecule has 0 atom stereocenters. The molecule has 3 heteroatoms. The maximum absolute atomic E-state index is 4.68. The van der Waals surface area contributed by atoms with Gasteiger partial charge < -0.3 is 0 Å². The second-order valence-corrected chi connectivity index (χ2v) is 4.74. The molecule has 84 valence electrons. The molecule has 0 aliphatic carbocycles. The van der Waals surface area contributed by atoms with Crippen molar-refractivity contribution in [3.63, 3.8) is 0 Å². The predicted molar refractivity (Wildman–Crippen MR) is 75.0 cm³/mol. The van der Waals surface area contributed by atoms with Crippen LogP contribution in [0, 0.1) is 3.57 Å². The topological polar surface area (TPSA) is 17.8 Å². The van der Waals surface area contributed by atoms with Crippen molar-refractivity contribution in [3.05, 3.63) is 45.3 Å². The van der Waals surface area contributed by atoms with Gasteiger partial charge in [-0.15, -0.1) is 0 Å². The van der Waals surface area contributed by atoms with Crippen molar-refractivity contribution in [2.45, 2.75) is 26.7 Å². The summed E-state index contributed by atoms with van der Waals surface area (Å²) >= 11 is 2.41. The van der Waals surface area contributed by atoms with Crippen molar-refractivity contribution >= 4 is 22.6 Å². The number of halogens is 1. The molecule has 1 heterocycles. The highest BCUT2D eigenvalue weighted by atomic mass is 127. The van der Waals surface area contributed by atoms with E-state index < -0.39 is 0 Å². The molecule has 0 N–H and O–H groups in total. The number of hydrogen-bond acceptors (Lipinski definition) is 1. The molecule has 1 aromatic heterocycles. The van der Waals surface area contributed by atoms with Crippen LogP contribution in [0.1, 0.15) is 25.2 Å². The molecule has 2 aromatic rings. The summed E-state index contributed by atoms with van der Waals surface area (Å²) in [5, 5.41) is 4.68. The van der Waals surface area contributed by atoms with Gasteiger partial charge in [-0.05, 0) is 47.6 Å². The van der Waals surface area contributed by atoms with Gasteiger partial charge in [-0.25, -0.2) is 4.68 Å². The average Bonchev–Trinajstić information content (AvgIpc) is 2.66. The molecule has 0 saturated heterocycles. The van der Waals surface area contributed by atoms with E-state index in [9.17, 15) is 0 Å². The first-order valence-corrected chi connectivity index (χ1v) is 6.67. The number of benzene rings is 1. The summed E-state index contributed by atoms with van der Waals surface area (Å²) in [5.41, 5.74) is 3.65. The number of rotatable bonds is 3. The van der Waals surface area contributed by atoms with E-state index in [0.29, 0.717) is 0 Å². The van der Waals surface area contributed by atoms with Gasteiger partial charge in [0.2, 0.25) is 0 Å². The van der Waals surface area contributed by atoms with Crippen LogP contribution in [-0.2, 0) is 12.8 Å². The monoisotopic (exact) mass is 326 g/mol. The van der Waals surface area contributed by atoms with E-state index in [-0.39, 0.29) is 0 Å². The molecule has 0 amide bonds. The second-order valence-electron chi connectivity index (χ2n) is 3.66. The van der Waals surface area contributed by atoms with Gasteiger partial charge in [0, 0.05) is 0 Å². The molecular formula is C13H15IN2. The standard InChI is InChI=1S/C13H15IN2/c1-3-11-13(14)12(4-2)16(15-11)10-8-6-5-7-9-10/h5-9H,3-4H2,1-2H3. The lowest BCUT2D eigenvalue weighted by Gasteiger charge is -2.05. The molecular weight excluding hydrogens is 311 g/mol. The van der Waals surface area contributed by atoms with Crippen LogP contribution in [0.3, 0.4) is 0 Å². The normalized spacial score (nSPS) is 10.7. The molecule has 0 unspecified atom stereocenters. The second kappa shape index (κ2) is 4.99. The van der Waals surface area contributed by atoms with Gasteiger partial charge in [0.05, 0.1) is 20.6 Å². The maximum atomic E-state index is 4.68. The lowest BCUT2D eigenvalue weighted by atomic mass is 10.2. The molecule has 0 aliphatic rings. The van der Waals surface area contributed by atoms with Gasteiger partial charge in [0.25, 0.3) is 0 Å². The average molecular weight is 326 g/mol. The number of para-hydroxylation sites is 1. The molecule has 0 aliphatic heterocycles. The van der Waals surface area contributed by atoms with Crippen LogP contribution in [0.25, 0.3) is 5.69 Å². The van der Waals surface area contributed by atoms with Crippen LogP contribution in [-0.4, -0.2) is 9.78 Å². The Morgan fingerprint density at radius 2 is 1.81 bits per heavy atom. The zero-order valence-electron chi connectivity index (χ0n) is 9.57. The minimum atomic E-state index is 0.991. The fourth-order valence-corrected chi connectivity index (χ4v) is 2.90. The molecule has 0 spiro atoms. The minimum Gasteiger partial charge on any atom is -0.236 e. The summed E-state index contributed by atoms with van der Waals surface area (Å²) in [5.74, 6) is 0. The van der Waals surface area contributed by atoms with Crippen molar-refractivity contribution in [1.82, 2.24) is 9.78 Å². The van der Waals surface area contributed by atoms with Gasteiger partial charge in [-0.3, -0.25) is 0 Å². The number of hydrogen-bond donors (Lipinski definition) is 0. The summed E-state index contributed by atoms with van der Waals surface area (Å²) in [4.78, 5) is 0. The van der Waals surface area contributed by atoms with Gasteiger partial charge in [-0.1, -0.05) is 32.0 Å². The first-order valence-electron chi connectivity index (χ1n) is 5.59. The van der Waals surface area contributed by atoms with Crippen LogP contribution in [0.5, 0.6) is 0 Å². The van der Waals surface area contributed by atoms with E-state index >= 15 is 0 Å². The van der Waals surface area contributed by atoms with E-state index in [0.717, 1.165) is 18.5 Å². The Bertz CT molecular complexity index is 474. The van der Waals surface area contributed by atoms with E-state index in [1.54, 1.807) is 0 Å². The molecule has 0 fully saturated rings. The van der Waals surface area contributed by atoms with Crippen molar-refractivity contribution in [3.8, 4) is 5.69 Å². The Hall–Kier alpha value is -0.840. The SMILES string of the molecule is CCc1nn(-c2ccccc2)c(CC)c1I. The Labute approximate surface area is 110 Å². The summed E-state index contributed by atoms with van der Waals surface area (Å²) in [6, 6.07) is 10.3. The Balaban J connectivity index is 2.57. The van der Waals surface area contributed by atoms with Crippen molar-refractivity contribution in [2.24, 2.45) is 0 Å². The lowest BCUT2D eigenvalue weighted by molar-refractivity contribution is 0.794. The molecule has 2 nitrogen and oxygen atoms in total. The summed E-state index contributed by atoms with van der Waals surface area (Å²) in [6.07, 6.45) is 2.01. The highest BCUT2D eigenvalue weighted by Gasteiger charge is 2.13. The quantitative estimate of drug-likeness (QED) is 0.788. The number of nitrogens with zero attached hydrogens (tertiary/aromatic N) is 2. The fourth-order valence-electron chi connectivity index (χ4n) is 1.80. The molecule has 2 rings (SSSR count). The lowest BCUT2D eigenvalue weighted by Crippen LogP contribution is -2.01. The predicted octanol–water partition coefficient (Wildman–Crippen LogP) is 3.60. The zero-order chi connectivity index (χ0) is 11.5. The summed E-state index contributed by atoms with van der Waals surface area (Å²) < 4.78 is 3.38. The van der Waals surface area contributed by atoms with Crippen LogP contribution >= 0.6 is 22.6 Å². The largest absolute Gasteiger partial charge is 0.236 e. The summed E-state index contributed by atoms with van der Waals surface area (Å²) in [7, 11) is 0. The fraction of sp³-hybridized carbons (Fsp3) is 0.308. The van der Waals surface area contributed by atoms with Crippen LogP contribution in [0.2, 0.25) is 0 Å². The zero-order valence-corrected chi connectivity index (χ0v) is 11.7. The Morgan fingerprint density at radius 3 is 2.38 bits per heavy atom. The van der Waals surface area contributed by atoms with Crippen molar-refractivity contribution in [2.75, 3.05) is 0 Å². The van der Waals surface area contributed by atoms with Gasteiger partial charge in [0.15, 0.2) is 0 Å². The van der Waals surface area contributed by atoms with E-state index in [4.69, 9.17) is 0 Å². The molecule has 16 heavy (non-hydrogen) atoms. The van der Waals surface area contributed by atoms with Crippen LogP contribution in [0.15, 0.2) is 30.3 Å². The van der Waals surface area contributed by atoms with E-state index in [2.05, 4.69) is 70.5 Å². The Morgan fingerprint density at radius 1 is 1.12 bits per heavy atom. The summed E-state index contributed by atoms with van der Waals surface area (Å²) in [6.45, 7) is 4.33. The third-order valence-corrected chi connectivity index (χ3v) is 3.90. The Kier molecular flexibility index (Phi) is 3.63. The molecule has 0 saturated carbocycles. The van der Waals surface area contributed by atoms with Crippen LogP contribution in [0.4, 0.5) is 0 Å². The van der Waals surface area contributed by atoms with E-state index in [1.165, 1.54) is 15.0 Å². The van der Waals surface area contributed by atoms with Crippen LogP contribution < -0.4 is 0 Å². The maximum Gasteiger partial charge on any atom is 0.0762 e. The molecule has 1 aromatic carbocycles. The number of aryl methyl sites for hydroxylation is 1. The van der Waals surface area contributed by atoms with Crippen molar-refractivity contribution in [1.29, 1.82) is 0 Å². The first-order chi connectivity index (χ1) is 7.77. The molecule has 0 bridgehead atoms. The third kappa shape index (κ3) is 2.00. The van der Waals surface area contributed by atoms with E-state index in [1.807, 2.05) is 6.07 Å².